The second-order valence-corrected chi connectivity index (χ2v) is 6.94. The first-order chi connectivity index (χ1) is 13.5. The number of aromatic nitrogens is 2. The van der Waals surface area contributed by atoms with Gasteiger partial charge in [0.2, 0.25) is 12.4 Å². The quantitative estimate of drug-likeness (QED) is 0.778. The number of anilines is 2. The van der Waals surface area contributed by atoms with Gasteiger partial charge in [-0.1, -0.05) is 32.0 Å². The predicted octanol–water partition coefficient (Wildman–Crippen LogP) is 2.44. The van der Waals surface area contributed by atoms with E-state index in [1.165, 1.54) is 0 Å². The highest BCUT2D eigenvalue weighted by molar-refractivity contribution is 6.04. The molecule has 1 aromatic carbocycles. The first-order valence-corrected chi connectivity index (χ1v) is 9.77. The van der Waals surface area contributed by atoms with Gasteiger partial charge in [-0.2, -0.15) is 0 Å². The van der Waals surface area contributed by atoms with Crippen LogP contribution in [0.3, 0.4) is 0 Å². The third-order valence-electron chi connectivity index (χ3n) is 5.06. The second-order valence-electron chi connectivity index (χ2n) is 6.94. The Kier molecular flexibility index (Phi) is 6.23. The molecule has 28 heavy (non-hydrogen) atoms. The van der Waals surface area contributed by atoms with E-state index in [9.17, 15) is 9.59 Å². The molecular weight excluding hydrogens is 354 g/mol. The number of benzene rings is 1. The Morgan fingerprint density at radius 3 is 2.32 bits per heavy atom. The van der Waals surface area contributed by atoms with E-state index >= 15 is 0 Å². The number of nitrogens with zero attached hydrogens (tertiary/aromatic N) is 4. The van der Waals surface area contributed by atoms with Crippen molar-refractivity contribution < 1.29 is 9.59 Å². The second kappa shape index (κ2) is 8.82. The predicted molar refractivity (Wildman–Crippen MR) is 110 cm³/mol. The van der Waals surface area contributed by atoms with Gasteiger partial charge in [0, 0.05) is 37.6 Å². The van der Waals surface area contributed by atoms with Gasteiger partial charge in [0.15, 0.2) is 0 Å². The van der Waals surface area contributed by atoms with Crippen LogP contribution in [0.5, 0.6) is 0 Å². The maximum Gasteiger partial charge on any atom is 0.274 e. The average molecular weight is 381 g/mol. The first kappa shape index (κ1) is 19.8. The zero-order valence-corrected chi connectivity index (χ0v) is 16.7. The van der Waals surface area contributed by atoms with Crippen LogP contribution in [-0.4, -0.2) is 53.4 Å². The van der Waals surface area contributed by atoms with Crippen LogP contribution in [0.1, 0.15) is 41.2 Å². The molecule has 2 amide bonds. The molecule has 0 atom stereocenters. The molecule has 0 bridgehead atoms. The highest BCUT2D eigenvalue weighted by atomic mass is 16.2. The summed E-state index contributed by atoms with van der Waals surface area (Å²) in [6.45, 7) is 8.59. The van der Waals surface area contributed by atoms with Gasteiger partial charge in [0.25, 0.3) is 5.91 Å². The summed E-state index contributed by atoms with van der Waals surface area (Å²) in [5.74, 6) is 0.309. The smallest absolute Gasteiger partial charge is 0.274 e. The molecule has 0 spiro atoms. The molecular formula is C21H27N5O2. The first-order valence-electron chi connectivity index (χ1n) is 9.77. The van der Waals surface area contributed by atoms with Crippen LogP contribution in [0.2, 0.25) is 0 Å². The van der Waals surface area contributed by atoms with E-state index < -0.39 is 0 Å². The lowest BCUT2D eigenvalue weighted by molar-refractivity contribution is -0.118. The monoisotopic (exact) mass is 381 g/mol. The molecule has 0 saturated carbocycles. The van der Waals surface area contributed by atoms with Crippen LogP contribution in [0, 0.1) is 6.92 Å². The van der Waals surface area contributed by atoms with Gasteiger partial charge in [0.1, 0.15) is 5.69 Å². The molecule has 3 rings (SSSR count). The van der Waals surface area contributed by atoms with Crippen molar-refractivity contribution in [1.82, 2.24) is 14.9 Å². The van der Waals surface area contributed by atoms with Crippen LogP contribution < -0.4 is 10.2 Å². The molecule has 1 N–H and O–H groups in total. The van der Waals surface area contributed by atoms with E-state index in [4.69, 9.17) is 0 Å². The summed E-state index contributed by atoms with van der Waals surface area (Å²) in [5, 5.41) is 3.07. The van der Waals surface area contributed by atoms with Crippen molar-refractivity contribution in [2.75, 3.05) is 36.4 Å². The summed E-state index contributed by atoms with van der Waals surface area (Å²) in [7, 11) is 0. The normalized spacial score (nSPS) is 14.1. The van der Waals surface area contributed by atoms with Crippen molar-refractivity contribution in [3.05, 3.63) is 46.8 Å². The van der Waals surface area contributed by atoms with Gasteiger partial charge >= 0.3 is 0 Å². The number of carbonyl (C=O) groups excluding carboxylic acids is 2. The lowest BCUT2D eigenvalue weighted by Gasteiger charge is -2.32. The summed E-state index contributed by atoms with van der Waals surface area (Å²) in [6, 6.07) is 7.82. The molecule has 1 saturated heterocycles. The molecule has 7 heteroatoms. The van der Waals surface area contributed by atoms with Gasteiger partial charge < -0.3 is 15.1 Å². The van der Waals surface area contributed by atoms with E-state index in [1.807, 2.05) is 30.0 Å². The van der Waals surface area contributed by atoms with Gasteiger partial charge in [-0.15, -0.1) is 0 Å². The molecule has 0 radical (unpaired) electrons. The molecule has 1 aliphatic rings. The van der Waals surface area contributed by atoms with Crippen LogP contribution >= 0.6 is 0 Å². The SMILES string of the molecule is CCc1cccc(CC)c1NC(=O)c1cc(C)nc(N2CCN(C=O)CC2)n1. The Bertz CT molecular complexity index is 838. The van der Waals surface area contributed by atoms with Crippen LogP contribution in [0.15, 0.2) is 24.3 Å². The van der Waals surface area contributed by atoms with Gasteiger partial charge in [-0.05, 0) is 37.0 Å². The molecule has 1 aromatic heterocycles. The fourth-order valence-corrected chi connectivity index (χ4v) is 3.42. The van der Waals surface area contributed by atoms with Crippen LogP contribution in [0.25, 0.3) is 0 Å². The maximum absolute atomic E-state index is 13.0. The van der Waals surface area contributed by atoms with Crippen molar-refractivity contribution in [2.24, 2.45) is 0 Å². The zero-order valence-electron chi connectivity index (χ0n) is 16.7. The third-order valence-corrected chi connectivity index (χ3v) is 5.06. The van der Waals surface area contributed by atoms with E-state index in [2.05, 4.69) is 29.1 Å². The van der Waals surface area contributed by atoms with E-state index in [-0.39, 0.29) is 5.91 Å². The zero-order chi connectivity index (χ0) is 20.1. The molecule has 2 heterocycles. The lowest BCUT2D eigenvalue weighted by Crippen LogP contribution is -2.46. The summed E-state index contributed by atoms with van der Waals surface area (Å²) in [4.78, 5) is 36.6. The van der Waals surface area contributed by atoms with Gasteiger partial charge in [-0.25, -0.2) is 9.97 Å². The number of hydrogen-bond donors (Lipinski definition) is 1. The fourth-order valence-electron chi connectivity index (χ4n) is 3.42. The van der Waals surface area contributed by atoms with E-state index in [0.717, 1.165) is 41.8 Å². The number of aryl methyl sites for hydroxylation is 3. The van der Waals surface area contributed by atoms with Crippen molar-refractivity contribution in [3.8, 4) is 0 Å². The molecule has 1 aliphatic heterocycles. The number of amides is 2. The minimum absolute atomic E-state index is 0.228. The average Bonchev–Trinajstić information content (AvgIpc) is 2.73. The number of carbonyl (C=O) groups is 2. The molecule has 1 fully saturated rings. The molecule has 2 aromatic rings. The Balaban J connectivity index is 1.83. The van der Waals surface area contributed by atoms with Crippen LogP contribution in [-0.2, 0) is 17.6 Å². The third kappa shape index (κ3) is 4.30. The Morgan fingerprint density at radius 2 is 1.75 bits per heavy atom. The molecule has 0 unspecified atom stereocenters. The summed E-state index contributed by atoms with van der Waals surface area (Å²) in [5.41, 5.74) is 4.21. The largest absolute Gasteiger partial charge is 0.342 e. The lowest BCUT2D eigenvalue weighted by atomic mass is 10.0. The minimum Gasteiger partial charge on any atom is -0.342 e. The molecule has 148 valence electrons. The summed E-state index contributed by atoms with van der Waals surface area (Å²) >= 11 is 0. The highest BCUT2D eigenvalue weighted by Gasteiger charge is 2.20. The topological polar surface area (TPSA) is 78.4 Å². The molecule has 7 nitrogen and oxygen atoms in total. The van der Waals surface area contributed by atoms with Crippen molar-refractivity contribution in [3.63, 3.8) is 0 Å². The number of hydrogen-bond acceptors (Lipinski definition) is 5. The number of para-hydroxylation sites is 1. The Hall–Kier alpha value is -2.96. The molecule has 0 aliphatic carbocycles. The van der Waals surface area contributed by atoms with Crippen molar-refractivity contribution in [1.29, 1.82) is 0 Å². The van der Waals surface area contributed by atoms with Gasteiger partial charge in [-0.3, -0.25) is 9.59 Å². The summed E-state index contributed by atoms with van der Waals surface area (Å²) in [6.07, 6.45) is 2.56. The summed E-state index contributed by atoms with van der Waals surface area (Å²) < 4.78 is 0. The van der Waals surface area contributed by atoms with E-state index in [0.29, 0.717) is 37.8 Å². The minimum atomic E-state index is -0.228. The number of rotatable bonds is 6. The maximum atomic E-state index is 13.0. The highest BCUT2D eigenvalue weighted by Crippen LogP contribution is 2.23. The van der Waals surface area contributed by atoms with Crippen molar-refractivity contribution in [2.45, 2.75) is 33.6 Å². The van der Waals surface area contributed by atoms with Crippen LogP contribution in [0.4, 0.5) is 11.6 Å². The standard InChI is InChI=1S/C21H27N5O2/c1-4-16-7-6-8-17(5-2)19(16)24-20(28)18-13-15(3)22-21(23-18)26-11-9-25(14-27)10-12-26/h6-8,13-14H,4-5,9-12H2,1-3H3,(H,24,28). The number of piperazine rings is 1. The van der Waals surface area contributed by atoms with Gasteiger partial charge in [0.05, 0.1) is 0 Å². The Labute approximate surface area is 165 Å². The van der Waals surface area contributed by atoms with E-state index in [1.54, 1.807) is 11.0 Å². The fraction of sp³-hybridized carbons (Fsp3) is 0.429. The van der Waals surface area contributed by atoms with Crippen molar-refractivity contribution >= 4 is 24.0 Å². The number of nitrogens with one attached hydrogen (secondary N) is 1. The Morgan fingerprint density at radius 1 is 1.11 bits per heavy atom.